The minimum Gasteiger partial charge on any atom is -0.469 e. The van der Waals surface area contributed by atoms with Crippen LogP contribution in [0.3, 0.4) is 0 Å². The van der Waals surface area contributed by atoms with Gasteiger partial charge in [0.1, 0.15) is 0 Å². The fourth-order valence-electron chi connectivity index (χ4n) is 2.50. The Morgan fingerprint density at radius 2 is 1.67 bits per heavy atom. The first kappa shape index (κ1) is 17.7. The molecular formula is C21H22O3. The number of carbonyl (C=O) groups excluding carboxylic acids is 2. The predicted octanol–water partition coefficient (Wildman–Crippen LogP) is 4.64. The molecule has 2 aromatic carbocycles. The Morgan fingerprint density at radius 3 is 2.21 bits per heavy atom. The van der Waals surface area contributed by atoms with Gasteiger partial charge >= 0.3 is 5.97 Å². The molecule has 0 aliphatic heterocycles. The molecule has 0 saturated heterocycles. The van der Waals surface area contributed by atoms with E-state index in [1.807, 2.05) is 74.5 Å². The maximum atomic E-state index is 12.6. The lowest BCUT2D eigenvalue weighted by Crippen LogP contribution is -2.10. The van der Waals surface area contributed by atoms with Crippen molar-refractivity contribution >= 4 is 17.8 Å². The van der Waals surface area contributed by atoms with Gasteiger partial charge in [-0.1, -0.05) is 61.5 Å². The van der Waals surface area contributed by atoms with Gasteiger partial charge in [0.05, 0.1) is 13.0 Å². The molecule has 0 amide bonds. The molecule has 0 N–H and O–H groups in total. The Kier molecular flexibility index (Phi) is 6.07. The molecule has 0 aromatic heterocycles. The number of methoxy groups -OCH3 is 1. The van der Waals surface area contributed by atoms with Crippen LogP contribution in [-0.4, -0.2) is 18.9 Å². The average molecular weight is 322 g/mol. The van der Waals surface area contributed by atoms with Gasteiger partial charge in [0.15, 0.2) is 5.78 Å². The van der Waals surface area contributed by atoms with Crippen LogP contribution < -0.4 is 0 Å². The molecule has 0 fully saturated rings. The number of carbonyl (C=O) groups is 2. The van der Waals surface area contributed by atoms with Crippen molar-refractivity contribution in [1.29, 1.82) is 0 Å². The Hall–Kier alpha value is -2.68. The number of rotatable bonds is 6. The summed E-state index contributed by atoms with van der Waals surface area (Å²) in [6.07, 6.45) is 2.57. The van der Waals surface area contributed by atoms with Crippen molar-refractivity contribution in [2.75, 3.05) is 7.11 Å². The van der Waals surface area contributed by atoms with Crippen LogP contribution in [0.15, 0.2) is 60.2 Å². The van der Waals surface area contributed by atoms with E-state index in [9.17, 15) is 9.59 Å². The van der Waals surface area contributed by atoms with Crippen molar-refractivity contribution < 1.29 is 14.3 Å². The molecule has 1 unspecified atom stereocenters. The van der Waals surface area contributed by atoms with Crippen LogP contribution in [0.1, 0.15) is 47.7 Å². The van der Waals surface area contributed by atoms with E-state index in [2.05, 4.69) is 0 Å². The standard InChI is InChI=1S/C21H22O3/c1-4-17(20(22)19-8-6-5-7-9-19)14-16-10-12-18(13-11-16)15(2)21(23)24-3/h5-15H,4H2,1-3H3. The lowest BCUT2D eigenvalue weighted by molar-refractivity contribution is -0.141. The molecule has 24 heavy (non-hydrogen) atoms. The SMILES string of the molecule is CCC(=Cc1ccc(C(C)C(=O)OC)cc1)C(=O)c1ccccc1. The fourth-order valence-corrected chi connectivity index (χ4v) is 2.50. The maximum absolute atomic E-state index is 12.6. The first-order valence-corrected chi connectivity index (χ1v) is 8.05. The molecule has 1 atom stereocenters. The summed E-state index contributed by atoms with van der Waals surface area (Å²) in [5, 5.41) is 0. The molecule has 0 bridgehead atoms. The Bertz CT molecular complexity index is 727. The zero-order valence-electron chi connectivity index (χ0n) is 14.3. The van der Waals surface area contributed by atoms with E-state index in [1.165, 1.54) is 7.11 Å². The van der Waals surface area contributed by atoms with Crippen LogP contribution in [0.25, 0.3) is 6.08 Å². The second kappa shape index (κ2) is 8.25. The van der Waals surface area contributed by atoms with Gasteiger partial charge in [0.2, 0.25) is 0 Å². The van der Waals surface area contributed by atoms with Crippen molar-refractivity contribution in [3.05, 3.63) is 76.9 Å². The molecular weight excluding hydrogens is 300 g/mol. The molecule has 2 rings (SSSR count). The summed E-state index contributed by atoms with van der Waals surface area (Å²) < 4.78 is 4.76. The van der Waals surface area contributed by atoms with E-state index in [1.54, 1.807) is 0 Å². The highest BCUT2D eigenvalue weighted by Crippen LogP contribution is 2.20. The Balaban J connectivity index is 2.22. The predicted molar refractivity (Wildman–Crippen MR) is 95.9 cm³/mol. The Morgan fingerprint density at radius 1 is 1.04 bits per heavy atom. The van der Waals surface area contributed by atoms with Gasteiger partial charge in [-0.15, -0.1) is 0 Å². The summed E-state index contributed by atoms with van der Waals surface area (Å²) in [5.74, 6) is -0.512. The summed E-state index contributed by atoms with van der Waals surface area (Å²) in [4.78, 5) is 24.1. The van der Waals surface area contributed by atoms with Gasteiger partial charge in [-0.3, -0.25) is 9.59 Å². The smallest absolute Gasteiger partial charge is 0.312 e. The molecule has 0 aliphatic rings. The van der Waals surface area contributed by atoms with Crippen LogP contribution >= 0.6 is 0 Å². The number of ketones is 1. The quantitative estimate of drug-likeness (QED) is 0.442. The molecule has 3 heteroatoms. The zero-order chi connectivity index (χ0) is 17.5. The van der Waals surface area contributed by atoms with E-state index in [4.69, 9.17) is 4.74 Å². The first-order chi connectivity index (χ1) is 11.6. The van der Waals surface area contributed by atoms with Crippen LogP contribution in [0.5, 0.6) is 0 Å². The molecule has 0 spiro atoms. The van der Waals surface area contributed by atoms with Crippen LogP contribution in [0, 0.1) is 0 Å². The summed E-state index contributed by atoms with van der Waals surface area (Å²) >= 11 is 0. The first-order valence-electron chi connectivity index (χ1n) is 8.05. The molecule has 124 valence electrons. The lowest BCUT2D eigenvalue weighted by atomic mass is 9.97. The normalized spacial score (nSPS) is 12.5. The van der Waals surface area contributed by atoms with Crippen LogP contribution in [-0.2, 0) is 9.53 Å². The average Bonchev–Trinajstić information content (AvgIpc) is 2.65. The highest BCUT2D eigenvalue weighted by molar-refractivity contribution is 6.11. The largest absolute Gasteiger partial charge is 0.469 e. The second-order valence-electron chi connectivity index (χ2n) is 5.63. The number of hydrogen-bond acceptors (Lipinski definition) is 3. The van der Waals surface area contributed by atoms with E-state index in [-0.39, 0.29) is 17.7 Å². The molecule has 2 aromatic rings. The van der Waals surface area contributed by atoms with Gasteiger partial charge in [0, 0.05) is 11.1 Å². The monoisotopic (exact) mass is 322 g/mol. The summed E-state index contributed by atoms with van der Waals surface area (Å²) in [5.41, 5.74) is 3.29. The maximum Gasteiger partial charge on any atom is 0.312 e. The lowest BCUT2D eigenvalue weighted by Gasteiger charge is -2.10. The highest BCUT2D eigenvalue weighted by Gasteiger charge is 2.15. The van der Waals surface area contributed by atoms with Gasteiger partial charge in [-0.2, -0.15) is 0 Å². The van der Waals surface area contributed by atoms with Crippen molar-refractivity contribution in [1.82, 2.24) is 0 Å². The third-order valence-electron chi connectivity index (χ3n) is 4.04. The zero-order valence-corrected chi connectivity index (χ0v) is 14.3. The van der Waals surface area contributed by atoms with E-state index < -0.39 is 0 Å². The van der Waals surface area contributed by atoms with E-state index in [0.29, 0.717) is 12.0 Å². The molecule has 0 aliphatic carbocycles. The highest BCUT2D eigenvalue weighted by atomic mass is 16.5. The van der Waals surface area contributed by atoms with Crippen LogP contribution in [0.2, 0.25) is 0 Å². The van der Waals surface area contributed by atoms with Crippen LogP contribution in [0.4, 0.5) is 0 Å². The van der Waals surface area contributed by atoms with Crippen molar-refractivity contribution in [3.63, 3.8) is 0 Å². The molecule has 3 nitrogen and oxygen atoms in total. The topological polar surface area (TPSA) is 43.4 Å². The Labute approximate surface area is 143 Å². The van der Waals surface area contributed by atoms with Crippen molar-refractivity contribution in [2.24, 2.45) is 0 Å². The molecule has 0 radical (unpaired) electrons. The number of hydrogen-bond donors (Lipinski definition) is 0. The summed E-state index contributed by atoms with van der Waals surface area (Å²) in [6.45, 7) is 3.79. The van der Waals surface area contributed by atoms with E-state index in [0.717, 1.165) is 16.7 Å². The number of benzene rings is 2. The number of Topliss-reactive ketones (excluding diaryl/α,β-unsaturated/α-hetero) is 1. The second-order valence-corrected chi connectivity index (χ2v) is 5.63. The third-order valence-corrected chi connectivity index (χ3v) is 4.04. The molecule has 0 saturated carbocycles. The third kappa shape index (κ3) is 4.19. The minimum atomic E-state index is -0.301. The summed E-state index contributed by atoms with van der Waals surface area (Å²) in [7, 11) is 1.39. The van der Waals surface area contributed by atoms with Gasteiger partial charge in [-0.25, -0.2) is 0 Å². The number of allylic oxidation sites excluding steroid dienone is 1. The fraction of sp³-hybridized carbons (Fsp3) is 0.238. The molecule has 0 heterocycles. The van der Waals surface area contributed by atoms with Crippen molar-refractivity contribution in [3.8, 4) is 0 Å². The number of ether oxygens (including phenoxy) is 1. The van der Waals surface area contributed by atoms with E-state index >= 15 is 0 Å². The van der Waals surface area contributed by atoms with Gasteiger partial charge in [-0.05, 0) is 30.5 Å². The number of esters is 1. The van der Waals surface area contributed by atoms with Gasteiger partial charge < -0.3 is 4.74 Å². The van der Waals surface area contributed by atoms with Crippen molar-refractivity contribution in [2.45, 2.75) is 26.2 Å². The minimum absolute atomic E-state index is 0.0464. The van der Waals surface area contributed by atoms with Gasteiger partial charge in [0.25, 0.3) is 0 Å². The summed E-state index contributed by atoms with van der Waals surface area (Å²) in [6, 6.07) is 16.9.